The number of nitrogens with zero attached hydrogens (tertiary/aromatic N) is 2. The third-order valence-corrected chi connectivity index (χ3v) is 5.47. The quantitative estimate of drug-likeness (QED) is 0.667. The second kappa shape index (κ2) is 9.51. The van der Waals surface area contributed by atoms with Gasteiger partial charge in [-0.15, -0.1) is 12.4 Å². The maximum absolute atomic E-state index is 12.7. The summed E-state index contributed by atoms with van der Waals surface area (Å²) in [6, 6.07) is 15.1. The van der Waals surface area contributed by atoms with Crippen molar-refractivity contribution in [1.29, 1.82) is 0 Å². The van der Waals surface area contributed by atoms with Crippen LogP contribution in [-0.2, 0) is 6.61 Å². The van der Waals surface area contributed by atoms with Crippen molar-refractivity contribution in [3.63, 3.8) is 0 Å². The first-order valence-electron chi connectivity index (χ1n) is 9.94. The standard InChI is InChI=1S/C23H26N2O4.ClH/c1-16-21(28-15-18-6-4-3-5-7-18)9-8-19-20(27)14-22(29-23(16)19)25-12-10-24(11-13-25)17(2)26;/h3-9,14,17,26H,10-13,15H2,1-2H3;1H. The zero-order chi connectivity index (χ0) is 20.4. The highest BCUT2D eigenvalue weighted by Crippen LogP contribution is 2.29. The lowest BCUT2D eigenvalue weighted by molar-refractivity contribution is 0.0149. The zero-order valence-corrected chi connectivity index (χ0v) is 18.0. The van der Waals surface area contributed by atoms with Gasteiger partial charge >= 0.3 is 0 Å². The highest BCUT2D eigenvalue weighted by Gasteiger charge is 2.22. The fourth-order valence-corrected chi connectivity index (χ4v) is 3.69. The fourth-order valence-electron chi connectivity index (χ4n) is 3.69. The molecule has 1 aromatic heterocycles. The first-order valence-corrected chi connectivity index (χ1v) is 9.94. The molecule has 7 heteroatoms. The summed E-state index contributed by atoms with van der Waals surface area (Å²) in [7, 11) is 0. The monoisotopic (exact) mass is 430 g/mol. The molecule has 1 unspecified atom stereocenters. The van der Waals surface area contributed by atoms with Crippen LogP contribution in [0.5, 0.6) is 5.75 Å². The van der Waals surface area contributed by atoms with Crippen LogP contribution in [0, 0.1) is 6.92 Å². The highest BCUT2D eigenvalue weighted by molar-refractivity contribution is 5.85. The number of aliphatic hydroxyl groups is 1. The van der Waals surface area contributed by atoms with Crippen LogP contribution in [0.2, 0.25) is 0 Å². The number of fused-ring (bicyclic) bond motifs is 1. The molecule has 1 atom stereocenters. The molecule has 1 aliphatic heterocycles. The van der Waals surface area contributed by atoms with Gasteiger partial charge in [-0.25, -0.2) is 0 Å². The molecule has 1 saturated heterocycles. The number of rotatable bonds is 5. The van der Waals surface area contributed by atoms with E-state index in [9.17, 15) is 9.90 Å². The summed E-state index contributed by atoms with van der Waals surface area (Å²) >= 11 is 0. The Kier molecular flexibility index (Phi) is 7.02. The van der Waals surface area contributed by atoms with E-state index in [4.69, 9.17) is 9.15 Å². The number of hydrogen-bond donors (Lipinski definition) is 1. The van der Waals surface area contributed by atoms with Crippen LogP contribution in [0.1, 0.15) is 18.1 Å². The lowest BCUT2D eigenvalue weighted by Crippen LogP contribution is -2.49. The van der Waals surface area contributed by atoms with Crippen LogP contribution >= 0.6 is 12.4 Å². The molecule has 2 heterocycles. The predicted octanol–water partition coefficient (Wildman–Crippen LogP) is 3.56. The van der Waals surface area contributed by atoms with E-state index in [0.29, 0.717) is 42.3 Å². The van der Waals surface area contributed by atoms with Gasteiger partial charge in [-0.05, 0) is 31.5 Å². The van der Waals surface area contributed by atoms with Crippen molar-refractivity contribution >= 4 is 29.3 Å². The van der Waals surface area contributed by atoms with Crippen LogP contribution in [0.15, 0.2) is 57.7 Å². The van der Waals surface area contributed by atoms with E-state index in [1.54, 1.807) is 19.1 Å². The first-order chi connectivity index (χ1) is 14.0. The average Bonchev–Trinajstić information content (AvgIpc) is 2.74. The molecule has 0 saturated carbocycles. The molecular formula is C23H27ClN2O4. The maximum atomic E-state index is 12.7. The number of anilines is 1. The van der Waals surface area contributed by atoms with Crippen LogP contribution in [-0.4, -0.2) is 42.4 Å². The van der Waals surface area contributed by atoms with Gasteiger partial charge in [-0.2, -0.15) is 0 Å². The largest absolute Gasteiger partial charge is 0.488 e. The van der Waals surface area contributed by atoms with Crippen molar-refractivity contribution in [3.8, 4) is 5.75 Å². The third kappa shape index (κ3) is 4.61. The topological polar surface area (TPSA) is 66.2 Å². The van der Waals surface area contributed by atoms with Gasteiger partial charge in [0.2, 0.25) is 0 Å². The average molecular weight is 431 g/mol. The van der Waals surface area contributed by atoms with E-state index in [-0.39, 0.29) is 17.8 Å². The molecule has 1 fully saturated rings. The summed E-state index contributed by atoms with van der Waals surface area (Å²) in [5, 5.41) is 10.3. The highest BCUT2D eigenvalue weighted by atomic mass is 35.5. The number of aliphatic hydroxyl groups excluding tert-OH is 1. The van der Waals surface area contributed by atoms with E-state index < -0.39 is 6.23 Å². The second-order valence-electron chi connectivity index (χ2n) is 7.44. The zero-order valence-electron chi connectivity index (χ0n) is 17.2. The van der Waals surface area contributed by atoms with Gasteiger partial charge in [0, 0.05) is 37.8 Å². The summed E-state index contributed by atoms with van der Waals surface area (Å²) in [5.41, 5.74) is 2.41. The van der Waals surface area contributed by atoms with Crippen molar-refractivity contribution < 1.29 is 14.3 Å². The smallest absolute Gasteiger partial charge is 0.200 e. The van der Waals surface area contributed by atoms with E-state index in [1.807, 2.05) is 48.2 Å². The normalized spacial score (nSPS) is 15.6. The second-order valence-corrected chi connectivity index (χ2v) is 7.44. The fraction of sp³-hybridized carbons (Fsp3) is 0.348. The Balaban J connectivity index is 0.00000256. The summed E-state index contributed by atoms with van der Waals surface area (Å²) in [6.07, 6.45) is -0.465. The number of aryl methyl sites for hydroxylation is 1. The van der Waals surface area contributed by atoms with Crippen LogP contribution in [0.3, 0.4) is 0 Å². The molecular weight excluding hydrogens is 404 g/mol. The van der Waals surface area contributed by atoms with E-state index in [0.717, 1.165) is 24.2 Å². The van der Waals surface area contributed by atoms with Crippen molar-refractivity contribution in [3.05, 3.63) is 69.9 Å². The van der Waals surface area contributed by atoms with E-state index in [2.05, 4.69) is 4.90 Å². The van der Waals surface area contributed by atoms with Gasteiger partial charge < -0.3 is 19.2 Å². The Morgan fingerprint density at radius 1 is 1.10 bits per heavy atom. The van der Waals surface area contributed by atoms with Gasteiger partial charge in [-0.1, -0.05) is 30.3 Å². The number of halogens is 1. The summed E-state index contributed by atoms with van der Waals surface area (Å²) in [6.45, 7) is 6.98. The summed E-state index contributed by atoms with van der Waals surface area (Å²) in [5.74, 6) is 1.27. The minimum atomic E-state index is -0.465. The predicted molar refractivity (Wildman–Crippen MR) is 121 cm³/mol. The Morgan fingerprint density at radius 3 is 2.47 bits per heavy atom. The van der Waals surface area contributed by atoms with E-state index >= 15 is 0 Å². The molecule has 4 rings (SSSR count). The number of hydrogen-bond acceptors (Lipinski definition) is 6. The van der Waals surface area contributed by atoms with Crippen LogP contribution in [0.25, 0.3) is 11.0 Å². The summed E-state index contributed by atoms with van der Waals surface area (Å²) in [4.78, 5) is 16.7. The minimum absolute atomic E-state index is 0. The first kappa shape index (κ1) is 22.2. The van der Waals surface area contributed by atoms with Gasteiger partial charge in [0.25, 0.3) is 0 Å². The molecule has 3 aromatic rings. The maximum Gasteiger partial charge on any atom is 0.200 e. The molecule has 30 heavy (non-hydrogen) atoms. The van der Waals surface area contributed by atoms with E-state index in [1.165, 1.54) is 0 Å². The number of benzene rings is 2. The van der Waals surface area contributed by atoms with Crippen molar-refractivity contribution in [2.45, 2.75) is 26.7 Å². The molecule has 2 aromatic carbocycles. The molecule has 160 valence electrons. The van der Waals surface area contributed by atoms with Crippen molar-refractivity contribution in [2.24, 2.45) is 0 Å². The van der Waals surface area contributed by atoms with Gasteiger partial charge in [0.05, 0.1) is 5.39 Å². The molecule has 0 radical (unpaired) electrons. The Morgan fingerprint density at radius 2 is 1.80 bits per heavy atom. The van der Waals surface area contributed by atoms with Gasteiger partial charge in [-0.3, -0.25) is 9.69 Å². The van der Waals surface area contributed by atoms with Crippen LogP contribution < -0.4 is 15.1 Å². The van der Waals surface area contributed by atoms with Gasteiger partial charge in [0.1, 0.15) is 24.2 Å². The lowest BCUT2D eigenvalue weighted by atomic mass is 10.1. The molecule has 1 aliphatic rings. The Hall–Kier alpha value is -2.54. The molecule has 6 nitrogen and oxygen atoms in total. The minimum Gasteiger partial charge on any atom is -0.488 e. The Bertz CT molecular complexity index is 1040. The molecule has 0 aliphatic carbocycles. The summed E-state index contributed by atoms with van der Waals surface area (Å²) < 4.78 is 12.2. The molecule has 0 spiro atoms. The number of piperazine rings is 1. The molecule has 0 amide bonds. The van der Waals surface area contributed by atoms with Crippen molar-refractivity contribution in [1.82, 2.24) is 4.90 Å². The van der Waals surface area contributed by atoms with Gasteiger partial charge in [0.15, 0.2) is 11.3 Å². The SMILES string of the molecule is Cc1c(OCc2ccccc2)ccc2c(=O)cc(N3CCN(C(C)O)CC3)oc12.Cl. The molecule has 0 bridgehead atoms. The van der Waals surface area contributed by atoms with Crippen LogP contribution in [0.4, 0.5) is 5.88 Å². The third-order valence-electron chi connectivity index (χ3n) is 5.47. The number of ether oxygens (including phenoxy) is 1. The Labute approximate surface area is 182 Å². The van der Waals surface area contributed by atoms with Crippen molar-refractivity contribution in [2.75, 3.05) is 31.1 Å². The molecule has 1 N–H and O–H groups in total. The lowest BCUT2D eigenvalue weighted by Gasteiger charge is -2.36.